The molecule has 0 aromatic carbocycles. The number of aliphatic imine (C=N–C) groups is 1. The van der Waals surface area contributed by atoms with Crippen LogP contribution in [0.25, 0.3) is 0 Å². The highest BCUT2D eigenvalue weighted by atomic mass is 32.2. The van der Waals surface area contributed by atoms with E-state index >= 15 is 0 Å². The van der Waals surface area contributed by atoms with E-state index in [0.717, 1.165) is 10.6 Å². The van der Waals surface area contributed by atoms with Crippen LogP contribution in [0.15, 0.2) is 40.4 Å². The van der Waals surface area contributed by atoms with Gasteiger partial charge in [-0.3, -0.25) is 0 Å². The zero-order chi connectivity index (χ0) is 8.27. The van der Waals surface area contributed by atoms with Crippen molar-refractivity contribution >= 4 is 16.8 Å². The first-order valence-electron chi connectivity index (χ1n) is 3.48. The van der Waals surface area contributed by atoms with E-state index < -0.39 is 0 Å². The average molecular weight is 165 g/mol. The lowest BCUT2D eigenvalue weighted by Gasteiger charge is -1.92. The van der Waals surface area contributed by atoms with Crippen LogP contribution in [0.4, 0.5) is 0 Å². The second kappa shape index (κ2) is 3.58. The highest BCUT2D eigenvalue weighted by Crippen LogP contribution is 2.29. The molecule has 11 heavy (non-hydrogen) atoms. The van der Waals surface area contributed by atoms with E-state index in [-0.39, 0.29) is 0 Å². The molecule has 0 unspecified atom stereocenters. The van der Waals surface area contributed by atoms with Gasteiger partial charge in [0.05, 0.1) is 0 Å². The fourth-order valence-electron chi connectivity index (χ4n) is 0.806. The molecule has 1 heterocycles. The molecule has 0 saturated carbocycles. The van der Waals surface area contributed by atoms with Crippen LogP contribution < -0.4 is 0 Å². The number of thioether (sulfide) groups is 1. The third-order valence-corrected chi connectivity index (χ3v) is 2.25. The van der Waals surface area contributed by atoms with Crippen LogP contribution in [0, 0.1) is 0 Å². The summed E-state index contributed by atoms with van der Waals surface area (Å²) >= 11 is 1.67. The second-order valence-corrected chi connectivity index (χ2v) is 3.53. The molecule has 0 radical (unpaired) electrons. The summed E-state index contributed by atoms with van der Waals surface area (Å²) in [5.74, 6) is 0. The fraction of sp³-hybridized carbons (Fsp3) is 0.222. The normalized spacial score (nSPS) is 21.8. The van der Waals surface area contributed by atoms with Crippen molar-refractivity contribution in [1.82, 2.24) is 0 Å². The Morgan fingerprint density at radius 3 is 2.82 bits per heavy atom. The summed E-state index contributed by atoms with van der Waals surface area (Å²) in [6.07, 6.45) is 5.75. The first-order chi connectivity index (χ1) is 5.24. The SMILES string of the molecule is C=C1C=C(C)SC1=N/C=C\C. The van der Waals surface area contributed by atoms with Crippen molar-refractivity contribution in [2.75, 3.05) is 0 Å². The highest BCUT2D eigenvalue weighted by molar-refractivity contribution is 8.18. The molecule has 0 amide bonds. The van der Waals surface area contributed by atoms with Gasteiger partial charge in [-0.25, -0.2) is 4.99 Å². The van der Waals surface area contributed by atoms with Crippen molar-refractivity contribution in [2.24, 2.45) is 4.99 Å². The predicted octanol–water partition coefficient (Wildman–Crippen LogP) is 3.13. The summed E-state index contributed by atoms with van der Waals surface area (Å²) in [5.41, 5.74) is 1.02. The van der Waals surface area contributed by atoms with Gasteiger partial charge in [-0.15, -0.1) is 0 Å². The standard InChI is InChI=1S/C9H11NS/c1-4-5-10-9-7(2)6-8(3)11-9/h4-6H,2H2,1,3H3/b5-4-,10-9?. The molecule has 0 aromatic heterocycles. The van der Waals surface area contributed by atoms with Gasteiger partial charge in [0.1, 0.15) is 5.04 Å². The third kappa shape index (κ3) is 2.09. The van der Waals surface area contributed by atoms with Crippen molar-refractivity contribution < 1.29 is 0 Å². The van der Waals surface area contributed by atoms with Crippen molar-refractivity contribution in [1.29, 1.82) is 0 Å². The van der Waals surface area contributed by atoms with Gasteiger partial charge in [-0.2, -0.15) is 0 Å². The molecule has 0 fully saturated rings. The van der Waals surface area contributed by atoms with E-state index in [2.05, 4.69) is 18.5 Å². The van der Waals surface area contributed by atoms with Gasteiger partial charge in [0, 0.05) is 11.8 Å². The van der Waals surface area contributed by atoms with Crippen molar-refractivity contribution in [3.63, 3.8) is 0 Å². The summed E-state index contributed by atoms with van der Waals surface area (Å²) in [4.78, 5) is 5.48. The largest absolute Gasteiger partial charge is 0.249 e. The van der Waals surface area contributed by atoms with E-state index in [1.54, 1.807) is 18.0 Å². The number of rotatable bonds is 1. The van der Waals surface area contributed by atoms with E-state index in [1.165, 1.54) is 4.91 Å². The number of hydrogen-bond donors (Lipinski definition) is 0. The third-order valence-electron chi connectivity index (χ3n) is 1.25. The van der Waals surface area contributed by atoms with E-state index in [0.29, 0.717) is 0 Å². The van der Waals surface area contributed by atoms with Crippen molar-refractivity contribution in [3.05, 3.63) is 35.4 Å². The van der Waals surface area contributed by atoms with Gasteiger partial charge in [-0.05, 0) is 24.8 Å². The molecular formula is C9H11NS. The Morgan fingerprint density at radius 1 is 1.64 bits per heavy atom. The van der Waals surface area contributed by atoms with Crippen LogP contribution in [-0.4, -0.2) is 5.04 Å². The Balaban J connectivity index is 2.74. The Kier molecular flexibility index (Phi) is 2.71. The summed E-state index contributed by atoms with van der Waals surface area (Å²) in [5, 5.41) is 1.01. The van der Waals surface area contributed by atoms with Gasteiger partial charge in [0.15, 0.2) is 0 Å². The number of nitrogens with zero attached hydrogens (tertiary/aromatic N) is 1. The second-order valence-electron chi connectivity index (χ2n) is 2.30. The molecular weight excluding hydrogens is 154 g/mol. The lowest BCUT2D eigenvalue weighted by molar-refractivity contribution is 1.53. The fourth-order valence-corrected chi connectivity index (χ4v) is 1.62. The van der Waals surface area contributed by atoms with E-state index in [9.17, 15) is 0 Å². The monoisotopic (exact) mass is 165 g/mol. The van der Waals surface area contributed by atoms with Crippen LogP contribution in [0.3, 0.4) is 0 Å². The molecule has 1 aliphatic rings. The molecule has 0 N–H and O–H groups in total. The van der Waals surface area contributed by atoms with Gasteiger partial charge >= 0.3 is 0 Å². The van der Waals surface area contributed by atoms with Crippen molar-refractivity contribution in [2.45, 2.75) is 13.8 Å². The smallest absolute Gasteiger partial charge is 0.107 e. The highest BCUT2D eigenvalue weighted by Gasteiger charge is 2.11. The van der Waals surface area contributed by atoms with Crippen LogP contribution in [0.1, 0.15) is 13.8 Å². The van der Waals surface area contributed by atoms with Gasteiger partial charge < -0.3 is 0 Å². The molecule has 2 heteroatoms. The maximum absolute atomic E-state index is 4.22. The number of allylic oxidation sites excluding steroid dienone is 3. The molecule has 0 aromatic rings. The minimum absolute atomic E-state index is 1.01. The zero-order valence-corrected chi connectivity index (χ0v) is 7.61. The summed E-state index contributed by atoms with van der Waals surface area (Å²) < 4.78 is 0. The van der Waals surface area contributed by atoms with Gasteiger partial charge in [0.2, 0.25) is 0 Å². The molecule has 0 bridgehead atoms. The molecule has 58 valence electrons. The molecule has 1 aliphatic heterocycles. The summed E-state index contributed by atoms with van der Waals surface area (Å²) in [6.45, 7) is 7.89. The van der Waals surface area contributed by atoms with E-state index in [1.807, 2.05) is 19.1 Å². The molecule has 1 rings (SSSR count). The Hall–Kier alpha value is -0.760. The molecule has 0 aliphatic carbocycles. The topological polar surface area (TPSA) is 12.4 Å². The van der Waals surface area contributed by atoms with Crippen LogP contribution >= 0.6 is 11.8 Å². The predicted molar refractivity (Wildman–Crippen MR) is 52.7 cm³/mol. The van der Waals surface area contributed by atoms with Crippen LogP contribution in [0.2, 0.25) is 0 Å². The first kappa shape index (κ1) is 8.34. The van der Waals surface area contributed by atoms with E-state index in [4.69, 9.17) is 0 Å². The molecule has 0 atom stereocenters. The first-order valence-corrected chi connectivity index (χ1v) is 4.30. The summed E-state index contributed by atoms with van der Waals surface area (Å²) in [7, 11) is 0. The molecule has 1 nitrogen and oxygen atoms in total. The van der Waals surface area contributed by atoms with Crippen molar-refractivity contribution in [3.8, 4) is 0 Å². The average Bonchev–Trinajstić information content (AvgIpc) is 2.26. The minimum Gasteiger partial charge on any atom is -0.249 e. The quantitative estimate of drug-likeness (QED) is 0.581. The lowest BCUT2D eigenvalue weighted by atomic mass is 10.3. The maximum atomic E-state index is 4.22. The van der Waals surface area contributed by atoms with Crippen LogP contribution in [0.5, 0.6) is 0 Å². The number of hydrogen-bond acceptors (Lipinski definition) is 2. The Morgan fingerprint density at radius 2 is 2.36 bits per heavy atom. The maximum Gasteiger partial charge on any atom is 0.107 e. The lowest BCUT2D eigenvalue weighted by Crippen LogP contribution is -1.85. The summed E-state index contributed by atoms with van der Waals surface area (Å²) in [6, 6.07) is 0. The van der Waals surface area contributed by atoms with Crippen LogP contribution in [-0.2, 0) is 0 Å². The zero-order valence-electron chi connectivity index (χ0n) is 6.79. The minimum atomic E-state index is 1.01. The van der Waals surface area contributed by atoms with Gasteiger partial charge in [0.25, 0.3) is 0 Å². The Labute approximate surface area is 71.6 Å². The molecule has 0 saturated heterocycles. The Bertz CT molecular complexity index is 259. The van der Waals surface area contributed by atoms with Gasteiger partial charge in [-0.1, -0.05) is 24.4 Å². The molecule has 0 spiro atoms.